The van der Waals surface area contributed by atoms with Gasteiger partial charge < -0.3 is 4.90 Å². The number of aromatic nitrogens is 2. The van der Waals surface area contributed by atoms with Crippen molar-refractivity contribution in [3.8, 4) is 0 Å². The highest BCUT2D eigenvalue weighted by atomic mass is 79.9. The van der Waals surface area contributed by atoms with Gasteiger partial charge in [-0.1, -0.05) is 6.92 Å². The van der Waals surface area contributed by atoms with Gasteiger partial charge in [0.2, 0.25) is 0 Å². The standard InChI is InChI=1S/C16H19BrN4O4S2/c1-2-7-21-14(22)5-3-12(18-21)16(23)19-8-10-20(11-9-19)27(24,25)15-6-4-13(17)26-15/h3-6H,2,7-11H2,1H3. The van der Waals surface area contributed by atoms with Crippen LogP contribution in [0, 0.1) is 0 Å². The average molecular weight is 475 g/mol. The Bertz CT molecular complexity index is 994. The number of rotatable bonds is 5. The Hall–Kier alpha value is -1.56. The van der Waals surface area contributed by atoms with E-state index in [9.17, 15) is 18.0 Å². The third-order valence-electron chi connectivity index (χ3n) is 4.19. The third-order valence-corrected chi connectivity index (χ3v) is 8.18. The quantitative estimate of drug-likeness (QED) is 0.656. The second-order valence-corrected chi connectivity index (χ2v) is 10.7. The Labute approximate surface area is 169 Å². The van der Waals surface area contributed by atoms with E-state index < -0.39 is 10.0 Å². The maximum Gasteiger partial charge on any atom is 0.274 e. The molecule has 0 unspecified atom stereocenters. The summed E-state index contributed by atoms with van der Waals surface area (Å²) in [5.41, 5.74) is -0.0482. The van der Waals surface area contributed by atoms with E-state index in [0.717, 1.165) is 21.5 Å². The molecule has 0 atom stereocenters. The summed E-state index contributed by atoms with van der Waals surface area (Å²) in [6, 6.07) is 6.03. The van der Waals surface area contributed by atoms with Crippen molar-refractivity contribution in [1.29, 1.82) is 0 Å². The Morgan fingerprint density at radius 2 is 1.89 bits per heavy atom. The number of carbonyl (C=O) groups excluding carboxylic acids is 1. The van der Waals surface area contributed by atoms with Crippen LogP contribution in [0.15, 0.2) is 37.1 Å². The summed E-state index contributed by atoms with van der Waals surface area (Å²) in [6.45, 7) is 3.37. The number of thiophene rings is 1. The first-order chi connectivity index (χ1) is 12.8. The van der Waals surface area contributed by atoms with Crippen molar-refractivity contribution in [2.24, 2.45) is 0 Å². The smallest absolute Gasteiger partial charge is 0.274 e. The van der Waals surface area contributed by atoms with E-state index in [1.54, 1.807) is 17.0 Å². The molecule has 3 rings (SSSR count). The number of sulfonamides is 1. The Balaban J connectivity index is 1.69. The van der Waals surface area contributed by atoms with Gasteiger partial charge in [-0.05, 0) is 40.5 Å². The lowest BCUT2D eigenvalue weighted by Gasteiger charge is -2.33. The van der Waals surface area contributed by atoms with Gasteiger partial charge >= 0.3 is 0 Å². The Morgan fingerprint density at radius 1 is 1.19 bits per heavy atom. The lowest BCUT2D eigenvalue weighted by Crippen LogP contribution is -2.50. The summed E-state index contributed by atoms with van der Waals surface area (Å²) >= 11 is 4.44. The lowest BCUT2D eigenvalue weighted by molar-refractivity contribution is 0.0689. The van der Waals surface area contributed by atoms with Crippen molar-refractivity contribution < 1.29 is 13.2 Å². The highest BCUT2D eigenvalue weighted by Crippen LogP contribution is 2.29. The second kappa shape index (κ2) is 8.21. The molecular formula is C16H19BrN4O4S2. The highest BCUT2D eigenvalue weighted by molar-refractivity contribution is 9.11. The van der Waals surface area contributed by atoms with Crippen LogP contribution >= 0.6 is 27.3 Å². The molecule has 0 aliphatic carbocycles. The zero-order chi connectivity index (χ0) is 19.6. The molecule has 0 bridgehead atoms. The Kier molecular flexibility index (Phi) is 6.14. The van der Waals surface area contributed by atoms with Gasteiger partial charge in [0.15, 0.2) is 0 Å². The van der Waals surface area contributed by atoms with Crippen molar-refractivity contribution in [3.63, 3.8) is 0 Å². The van der Waals surface area contributed by atoms with E-state index in [-0.39, 0.29) is 47.5 Å². The fraction of sp³-hybridized carbons (Fsp3) is 0.438. The van der Waals surface area contributed by atoms with Crippen LogP contribution in [0.1, 0.15) is 23.8 Å². The number of halogens is 1. The van der Waals surface area contributed by atoms with Gasteiger partial charge in [0, 0.05) is 38.8 Å². The van der Waals surface area contributed by atoms with E-state index in [2.05, 4.69) is 21.0 Å². The van der Waals surface area contributed by atoms with Gasteiger partial charge in [-0.3, -0.25) is 9.59 Å². The predicted molar refractivity (Wildman–Crippen MR) is 105 cm³/mol. The van der Waals surface area contributed by atoms with Gasteiger partial charge in [0.05, 0.1) is 3.79 Å². The molecule has 0 spiro atoms. The van der Waals surface area contributed by atoms with Gasteiger partial charge in [-0.15, -0.1) is 11.3 Å². The number of amides is 1. The molecule has 11 heteroatoms. The number of piperazine rings is 1. The molecule has 2 aromatic rings. The summed E-state index contributed by atoms with van der Waals surface area (Å²) < 4.78 is 29.0. The molecule has 146 valence electrons. The van der Waals surface area contributed by atoms with Gasteiger partial charge in [0.25, 0.3) is 21.5 Å². The highest BCUT2D eigenvalue weighted by Gasteiger charge is 2.31. The van der Waals surface area contributed by atoms with Crippen molar-refractivity contribution in [2.45, 2.75) is 24.1 Å². The van der Waals surface area contributed by atoms with Crippen LogP contribution in [0.5, 0.6) is 0 Å². The summed E-state index contributed by atoms with van der Waals surface area (Å²) in [7, 11) is -3.55. The molecular weight excluding hydrogens is 456 g/mol. The van der Waals surface area contributed by atoms with E-state index >= 15 is 0 Å². The normalized spacial score (nSPS) is 15.9. The molecule has 0 N–H and O–H groups in total. The fourth-order valence-electron chi connectivity index (χ4n) is 2.79. The monoisotopic (exact) mass is 474 g/mol. The first-order valence-corrected chi connectivity index (χ1v) is 11.5. The molecule has 27 heavy (non-hydrogen) atoms. The van der Waals surface area contributed by atoms with Crippen molar-refractivity contribution in [3.05, 3.63) is 44.1 Å². The van der Waals surface area contributed by atoms with Crippen molar-refractivity contribution in [1.82, 2.24) is 19.0 Å². The van der Waals surface area contributed by atoms with Crippen molar-refractivity contribution in [2.75, 3.05) is 26.2 Å². The summed E-state index contributed by atoms with van der Waals surface area (Å²) in [6.07, 6.45) is 0.736. The Morgan fingerprint density at radius 3 is 2.48 bits per heavy atom. The van der Waals surface area contributed by atoms with Crippen LogP contribution in [0.25, 0.3) is 0 Å². The minimum Gasteiger partial charge on any atom is -0.335 e. The van der Waals surface area contributed by atoms with E-state index in [4.69, 9.17) is 0 Å². The van der Waals surface area contributed by atoms with Gasteiger partial charge in [-0.2, -0.15) is 9.40 Å². The molecule has 8 nitrogen and oxygen atoms in total. The van der Waals surface area contributed by atoms with E-state index in [0.29, 0.717) is 6.54 Å². The minimum atomic E-state index is -3.55. The number of nitrogens with zero attached hydrogens (tertiary/aromatic N) is 4. The van der Waals surface area contributed by atoms with E-state index in [1.807, 2.05) is 6.92 Å². The summed E-state index contributed by atoms with van der Waals surface area (Å²) in [5.74, 6) is -0.296. The minimum absolute atomic E-state index is 0.196. The third kappa shape index (κ3) is 4.31. The number of hydrogen-bond acceptors (Lipinski definition) is 6. The molecule has 1 amide bonds. The summed E-state index contributed by atoms with van der Waals surface area (Å²) in [4.78, 5) is 26.0. The lowest BCUT2D eigenvalue weighted by atomic mass is 10.3. The van der Waals surface area contributed by atoms with Crippen LogP contribution in [0.2, 0.25) is 0 Å². The SMILES string of the molecule is CCCn1nc(C(=O)N2CCN(S(=O)(=O)c3ccc(Br)s3)CC2)ccc1=O. The molecule has 0 aromatic carbocycles. The maximum atomic E-state index is 12.7. The predicted octanol–water partition coefficient (Wildman–Crippen LogP) is 1.62. The molecule has 1 fully saturated rings. The zero-order valence-corrected chi connectivity index (χ0v) is 17.9. The van der Waals surface area contributed by atoms with Crippen LogP contribution in [0.3, 0.4) is 0 Å². The van der Waals surface area contributed by atoms with Crippen LogP contribution in [-0.2, 0) is 16.6 Å². The number of hydrogen-bond donors (Lipinski definition) is 0. The average Bonchev–Trinajstić information content (AvgIpc) is 3.10. The summed E-state index contributed by atoms with van der Waals surface area (Å²) in [5, 5.41) is 4.13. The fourth-order valence-corrected chi connectivity index (χ4v) is 6.38. The molecule has 1 saturated heterocycles. The molecule has 1 aliphatic rings. The number of aryl methyl sites for hydroxylation is 1. The molecule has 1 aliphatic heterocycles. The molecule has 0 radical (unpaired) electrons. The zero-order valence-electron chi connectivity index (χ0n) is 14.7. The van der Waals surface area contributed by atoms with Crippen LogP contribution < -0.4 is 5.56 Å². The second-order valence-electron chi connectivity index (χ2n) is 6.03. The van der Waals surface area contributed by atoms with Crippen molar-refractivity contribution >= 4 is 43.2 Å². The largest absolute Gasteiger partial charge is 0.335 e. The first-order valence-electron chi connectivity index (χ1n) is 8.46. The molecule has 3 heterocycles. The van der Waals surface area contributed by atoms with Gasteiger partial charge in [0.1, 0.15) is 9.90 Å². The van der Waals surface area contributed by atoms with Crippen LogP contribution in [-0.4, -0.2) is 59.5 Å². The van der Waals surface area contributed by atoms with E-state index in [1.165, 1.54) is 21.1 Å². The molecule has 0 saturated carbocycles. The first kappa shape index (κ1) is 20.2. The van der Waals surface area contributed by atoms with Crippen LogP contribution in [0.4, 0.5) is 0 Å². The number of carbonyl (C=O) groups is 1. The molecule has 2 aromatic heterocycles. The maximum absolute atomic E-state index is 12.7. The topological polar surface area (TPSA) is 92.6 Å². The van der Waals surface area contributed by atoms with Gasteiger partial charge in [-0.25, -0.2) is 13.1 Å².